The number of carbonyl (C=O) groups is 1. The maximum Gasteiger partial charge on any atom is 0.265 e. The average Bonchev–Trinajstić information content (AvgIpc) is 2.72. The molecule has 3 aromatic rings. The molecule has 0 bridgehead atoms. The maximum atomic E-state index is 12.5. The molecule has 0 saturated heterocycles. The molecule has 0 fully saturated rings. The van der Waals surface area contributed by atoms with E-state index in [9.17, 15) is 4.79 Å². The highest BCUT2D eigenvalue weighted by atomic mass is 16.5. The Morgan fingerprint density at radius 3 is 2.55 bits per heavy atom. The van der Waals surface area contributed by atoms with Crippen molar-refractivity contribution in [3.05, 3.63) is 89.5 Å². The molecule has 0 radical (unpaired) electrons. The molecule has 0 aliphatic rings. The van der Waals surface area contributed by atoms with Gasteiger partial charge in [-0.25, -0.2) is 0 Å². The minimum Gasteiger partial charge on any atom is -0.493 e. The fraction of sp³-hybridized carbons (Fsp3) is 0.240. The van der Waals surface area contributed by atoms with Crippen molar-refractivity contribution in [3.63, 3.8) is 0 Å². The van der Waals surface area contributed by atoms with Gasteiger partial charge in [0.05, 0.1) is 6.61 Å². The van der Waals surface area contributed by atoms with Crippen molar-refractivity contribution in [1.82, 2.24) is 0 Å². The first kappa shape index (κ1) is 20.5. The summed E-state index contributed by atoms with van der Waals surface area (Å²) in [6.45, 7) is 6.29. The van der Waals surface area contributed by atoms with Crippen molar-refractivity contribution in [2.45, 2.75) is 33.3 Å². The second-order valence-electron chi connectivity index (χ2n) is 7.13. The van der Waals surface area contributed by atoms with Gasteiger partial charge in [0.2, 0.25) is 0 Å². The first-order chi connectivity index (χ1) is 14.0. The summed E-state index contributed by atoms with van der Waals surface area (Å²) in [5.74, 6) is 1.25. The Bertz CT molecular complexity index is 953. The van der Waals surface area contributed by atoms with Crippen LogP contribution in [0, 0.1) is 13.8 Å². The predicted molar refractivity (Wildman–Crippen MR) is 117 cm³/mol. The normalized spacial score (nSPS) is 11.6. The number of aryl methyl sites for hydroxylation is 2. The van der Waals surface area contributed by atoms with Crippen LogP contribution >= 0.6 is 0 Å². The number of benzene rings is 3. The number of amides is 1. The molecule has 3 rings (SSSR count). The molecular formula is C25H27NO3. The number of nitrogens with one attached hydrogen (secondary N) is 1. The summed E-state index contributed by atoms with van der Waals surface area (Å²) in [7, 11) is 0. The van der Waals surface area contributed by atoms with Gasteiger partial charge in [-0.1, -0.05) is 48.5 Å². The number of ether oxygens (including phenoxy) is 2. The molecule has 0 spiro atoms. The number of hydrogen-bond donors (Lipinski definition) is 1. The molecule has 1 unspecified atom stereocenters. The zero-order valence-corrected chi connectivity index (χ0v) is 17.1. The summed E-state index contributed by atoms with van der Waals surface area (Å²) >= 11 is 0. The third-order valence-corrected chi connectivity index (χ3v) is 4.62. The molecule has 1 amide bonds. The predicted octanol–water partition coefficient (Wildman–Crippen LogP) is 5.33. The molecule has 3 aromatic carbocycles. The van der Waals surface area contributed by atoms with E-state index in [-0.39, 0.29) is 5.91 Å². The fourth-order valence-corrected chi connectivity index (χ4v) is 2.92. The molecule has 4 heteroatoms. The summed E-state index contributed by atoms with van der Waals surface area (Å²) in [6.07, 6.45) is 0.219. The molecule has 0 aromatic heterocycles. The smallest absolute Gasteiger partial charge is 0.265 e. The number of anilines is 1. The first-order valence-electron chi connectivity index (χ1n) is 9.83. The second kappa shape index (κ2) is 9.78. The van der Waals surface area contributed by atoms with Crippen molar-refractivity contribution >= 4 is 11.6 Å². The highest BCUT2D eigenvalue weighted by molar-refractivity contribution is 5.94. The van der Waals surface area contributed by atoms with Crippen molar-refractivity contribution in [2.75, 3.05) is 11.9 Å². The molecule has 0 heterocycles. The van der Waals surface area contributed by atoms with Gasteiger partial charge < -0.3 is 14.8 Å². The zero-order valence-electron chi connectivity index (χ0n) is 17.1. The third kappa shape index (κ3) is 6.11. The zero-order chi connectivity index (χ0) is 20.6. The summed E-state index contributed by atoms with van der Waals surface area (Å²) in [5.41, 5.74) is 4.01. The van der Waals surface area contributed by atoms with Crippen LogP contribution in [0.3, 0.4) is 0 Å². The molecular weight excluding hydrogens is 362 g/mol. The van der Waals surface area contributed by atoms with E-state index in [1.54, 1.807) is 6.92 Å². The Morgan fingerprint density at radius 1 is 0.966 bits per heavy atom. The van der Waals surface area contributed by atoms with Crippen LogP contribution in [0.15, 0.2) is 72.8 Å². The van der Waals surface area contributed by atoms with Crippen LogP contribution in [0.5, 0.6) is 11.5 Å². The van der Waals surface area contributed by atoms with Gasteiger partial charge in [0, 0.05) is 18.2 Å². The van der Waals surface area contributed by atoms with Crippen molar-refractivity contribution in [2.24, 2.45) is 0 Å². The van der Waals surface area contributed by atoms with E-state index in [1.165, 1.54) is 5.56 Å². The minimum atomic E-state index is -0.613. The van der Waals surface area contributed by atoms with Gasteiger partial charge in [-0.15, -0.1) is 0 Å². The van der Waals surface area contributed by atoms with Gasteiger partial charge >= 0.3 is 0 Å². The summed E-state index contributed by atoms with van der Waals surface area (Å²) in [4.78, 5) is 12.5. The summed E-state index contributed by atoms with van der Waals surface area (Å²) in [6, 6.07) is 23.6. The van der Waals surface area contributed by atoms with E-state index < -0.39 is 6.10 Å². The van der Waals surface area contributed by atoms with Gasteiger partial charge in [-0.2, -0.15) is 0 Å². The largest absolute Gasteiger partial charge is 0.493 e. The topological polar surface area (TPSA) is 47.6 Å². The van der Waals surface area contributed by atoms with Gasteiger partial charge in [0.25, 0.3) is 5.91 Å². The van der Waals surface area contributed by atoms with E-state index in [4.69, 9.17) is 9.47 Å². The average molecular weight is 389 g/mol. The van der Waals surface area contributed by atoms with Crippen LogP contribution in [0.2, 0.25) is 0 Å². The molecule has 150 valence electrons. The lowest BCUT2D eigenvalue weighted by atomic mass is 10.1. The fourth-order valence-electron chi connectivity index (χ4n) is 2.92. The van der Waals surface area contributed by atoms with E-state index in [0.717, 1.165) is 29.0 Å². The van der Waals surface area contributed by atoms with E-state index in [2.05, 4.69) is 17.4 Å². The van der Waals surface area contributed by atoms with Crippen molar-refractivity contribution < 1.29 is 14.3 Å². The number of hydrogen-bond acceptors (Lipinski definition) is 3. The van der Waals surface area contributed by atoms with Gasteiger partial charge in [-0.3, -0.25) is 4.79 Å². The van der Waals surface area contributed by atoms with Gasteiger partial charge in [-0.05, 0) is 55.7 Å². The molecule has 1 atom stereocenters. The van der Waals surface area contributed by atoms with Gasteiger partial charge in [0.1, 0.15) is 11.5 Å². The third-order valence-electron chi connectivity index (χ3n) is 4.62. The van der Waals surface area contributed by atoms with Crippen LogP contribution in [-0.4, -0.2) is 18.6 Å². The monoisotopic (exact) mass is 389 g/mol. The quantitative estimate of drug-likeness (QED) is 0.566. The molecule has 4 nitrogen and oxygen atoms in total. The summed E-state index contributed by atoms with van der Waals surface area (Å²) in [5, 5.41) is 2.90. The Morgan fingerprint density at radius 2 is 1.76 bits per heavy atom. The Balaban J connectivity index is 1.54. The van der Waals surface area contributed by atoms with Crippen LogP contribution in [0.4, 0.5) is 5.69 Å². The van der Waals surface area contributed by atoms with E-state index in [0.29, 0.717) is 12.3 Å². The minimum absolute atomic E-state index is 0.202. The lowest BCUT2D eigenvalue weighted by Crippen LogP contribution is -2.30. The lowest BCUT2D eigenvalue weighted by Gasteiger charge is -2.17. The standard InChI is InChI=1S/C25H27NO3/c1-18-12-13-19(2)24(16-18)29-20(3)25(27)26-22-10-7-11-23(17-22)28-15-14-21-8-5-4-6-9-21/h4-13,16-17,20H,14-15H2,1-3H3,(H,26,27). The van der Waals surface area contributed by atoms with E-state index in [1.807, 2.05) is 74.5 Å². The highest BCUT2D eigenvalue weighted by Crippen LogP contribution is 2.22. The van der Waals surface area contributed by atoms with E-state index >= 15 is 0 Å². The Kier molecular flexibility index (Phi) is 6.90. The lowest BCUT2D eigenvalue weighted by molar-refractivity contribution is -0.122. The highest BCUT2D eigenvalue weighted by Gasteiger charge is 2.16. The van der Waals surface area contributed by atoms with Crippen LogP contribution in [0.25, 0.3) is 0 Å². The Labute approximate surface area is 172 Å². The molecule has 1 N–H and O–H groups in total. The molecule has 0 aliphatic carbocycles. The molecule has 0 saturated carbocycles. The SMILES string of the molecule is Cc1ccc(C)c(OC(C)C(=O)Nc2cccc(OCCc3ccccc3)c2)c1. The molecule has 29 heavy (non-hydrogen) atoms. The van der Waals surface area contributed by atoms with Crippen LogP contribution in [-0.2, 0) is 11.2 Å². The number of rotatable bonds is 8. The number of carbonyl (C=O) groups excluding carboxylic acids is 1. The van der Waals surface area contributed by atoms with Crippen molar-refractivity contribution in [1.29, 1.82) is 0 Å². The van der Waals surface area contributed by atoms with Crippen LogP contribution < -0.4 is 14.8 Å². The Hall–Kier alpha value is -3.27. The summed E-state index contributed by atoms with van der Waals surface area (Å²) < 4.78 is 11.7. The molecule has 0 aliphatic heterocycles. The van der Waals surface area contributed by atoms with Crippen molar-refractivity contribution in [3.8, 4) is 11.5 Å². The van der Waals surface area contributed by atoms with Gasteiger partial charge in [0.15, 0.2) is 6.10 Å². The maximum absolute atomic E-state index is 12.5. The first-order valence-corrected chi connectivity index (χ1v) is 9.83. The second-order valence-corrected chi connectivity index (χ2v) is 7.13. The van der Waals surface area contributed by atoms with Crippen LogP contribution in [0.1, 0.15) is 23.6 Å².